The summed E-state index contributed by atoms with van der Waals surface area (Å²) in [5, 5.41) is 0. The zero-order valence-electron chi connectivity index (χ0n) is 11.6. The molecular weight excluding hydrogens is 270 g/mol. The van der Waals surface area contributed by atoms with Crippen molar-refractivity contribution < 1.29 is 4.74 Å². The largest absolute Gasteiger partial charge is 0.488 e. The summed E-state index contributed by atoms with van der Waals surface area (Å²) in [7, 11) is 0. The van der Waals surface area contributed by atoms with Gasteiger partial charge in [-0.2, -0.15) is 0 Å². The van der Waals surface area contributed by atoms with Gasteiger partial charge in [0.1, 0.15) is 11.9 Å². The van der Waals surface area contributed by atoms with Gasteiger partial charge in [-0.05, 0) is 11.6 Å². The molecule has 1 atom stereocenters. The first-order valence-electron chi connectivity index (χ1n) is 7.18. The van der Waals surface area contributed by atoms with Gasteiger partial charge in [-0.3, -0.25) is 9.80 Å². The minimum Gasteiger partial charge on any atom is -0.488 e. The van der Waals surface area contributed by atoms with Crippen molar-refractivity contribution in [3.63, 3.8) is 0 Å². The molecule has 0 aliphatic carbocycles. The fourth-order valence-corrected chi connectivity index (χ4v) is 3.18. The number of rotatable bonds is 4. The van der Waals surface area contributed by atoms with Crippen LogP contribution in [0.25, 0.3) is 0 Å². The summed E-state index contributed by atoms with van der Waals surface area (Å²) in [5.41, 5.74) is 6.93. The van der Waals surface area contributed by atoms with Crippen LogP contribution in [0.3, 0.4) is 0 Å². The van der Waals surface area contributed by atoms with Crippen molar-refractivity contribution in [1.29, 1.82) is 0 Å². The lowest BCUT2D eigenvalue weighted by Gasteiger charge is -2.35. The van der Waals surface area contributed by atoms with Gasteiger partial charge >= 0.3 is 0 Å². The van der Waals surface area contributed by atoms with Crippen LogP contribution in [0.1, 0.15) is 5.56 Å². The Morgan fingerprint density at radius 2 is 1.90 bits per heavy atom. The second kappa shape index (κ2) is 6.08. The van der Waals surface area contributed by atoms with E-state index in [0.717, 1.165) is 51.4 Å². The highest BCUT2D eigenvalue weighted by molar-refractivity contribution is 7.80. The third-order valence-corrected chi connectivity index (χ3v) is 4.15. The first-order chi connectivity index (χ1) is 9.70. The quantitative estimate of drug-likeness (QED) is 0.835. The first-order valence-corrected chi connectivity index (χ1v) is 7.59. The third kappa shape index (κ3) is 3.29. The lowest BCUT2D eigenvalue weighted by atomic mass is 10.1. The fourth-order valence-electron chi connectivity index (χ4n) is 2.99. The van der Waals surface area contributed by atoms with Crippen molar-refractivity contribution >= 4 is 17.2 Å². The SMILES string of the molecule is NC(=S)CN1CCN(CC2Cc3ccccc3O2)CC1. The van der Waals surface area contributed by atoms with Gasteiger partial charge in [-0.25, -0.2) is 0 Å². The predicted octanol–water partition coefficient (Wildman–Crippen LogP) is 0.894. The van der Waals surface area contributed by atoms with E-state index in [-0.39, 0.29) is 0 Å². The molecule has 20 heavy (non-hydrogen) atoms. The molecule has 1 saturated heterocycles. The number of hydrogen-bond acceptors (Lipinski definition) is 4. The molecule has 0 saturated carbocycles. The Morgan fingerprint density at radius 3 is 2.60 bits per heavy atom. The van der Waals surface area contributed by atoms with Crippen LogP contribution in [-0.2, 0) is 6.42 Å². The standard InChI is InChI=1S/C15H21N3OS/c16-15(20)11-18-7-5-17(6-8-18)10-13-9-12-3-1-2-4-14(12)19-13/h1-4,13H,5-11H2,(H2,16,20). The van der Waals surface area contributed by atoms with Gasteiger partial charge in [0.05, 0.1) is 4.99 Å². The van der Waals surface area contributed by atoms with Crippen molar-refractivity contribution in [2.75, 3.05) is 39.3 Å². The van der Waals surface area contributed by atoms with Crippen LogP contribution < -0.4 is 10.5 Å². The normalized spacial score (nSPS) is 23.3. The lowest BCUT2D eigenvalue weighted by molar-refractivity contribution is 0.0994. The van der Waals surface area contributed by atoms with Gasteiger partial charge in [0.25, 0.3) is 0 Å². The van der Waals surface area contributed by atoms with Crippen LogP contribution in [0, 0.1) is 0 Å². The summed E-state index contributed by atoms with van der Waals surface area (Å²) in [6, 6.07) is 8.35. The molecule has 1 fully saturated rings. The van der Waals surface area contributed by atoms with Gasteiger partial charge in [-0.15, -0.1) is 0 Å². The Morgan fingerprint density at radius 1 is 1.20 bits per heavy atom. The smallest absolute Gasteiger partial charge is 0.123 e. The van der Waals surface area contributed by atoms with Crippen molar-refractivity contribution in [2.24, 2.45) is 5.73 Å². The molecule has 1 aromatic rings. The molecule has 5 heteroatoms. The topological polar surface area (TPSA) is 41.7 Å². The van der Waals surface area contributed by atoms with E-state index in [1.807, 2.05) is 6.07 Å². The van der Waals surface area contributed by atoms with E-state index in [1.165, 1.54) is 5.56 Å². The second-order valence-corrected chi connectivity index (χ2v) is 6.12. The molecule has 0 spiro atoms. The second-order valence-electron chi connectivity index (χ2n) is 5.59. The summed E-state index contributed by atoms with van der Waals surface area (Å²) >= 11 is 4.96. The number of fused-ring (bicyclic) bond motifs is 1. The molecule has 2 N–H and O–H groups in total. The molecule has 4 nitrogen and oxygen atoms in total. The summed E-state index contributed by atoms with van der Waals surface area (Å²) in [6.45, 7) is 5.97. The number of para-hydroxylation sites is 1. The summed E-state index contributed by atoms with van der Waals surface area (Å²) in [4.78, 5) is 5.39. The lowest BCUT2D eigenvalue weighted by Crippen LogP contribution is -2.50. The molecule has 0 bridgehead atoms. The van der Waals surface area contributed by atoms with Crippen LogP contribution in [-0.4, -0.2) is 60.2 Å². The Labute approximate surface area is 125 Å². The number of piperazine rings is 1. The monoisotopic (exact) mass is 291 g/mol. The fraction of sp³-hybridized carbons (Fsp3) is 0.533. The zero-order valence-corrected chi connectivity index (χ0v) is 12.4. The van der Waals surface area contributed by atoms with Gasteiger partial charge in [0, 0.05) is 45.7 Å². The van der Waals surface area contributed by atoms with Crippen LogP contribution >= 0.6 is 12.2 Å². The highest BCUT2D eigenvalue weighted by Crippen LogP contribution is 2.28. The molecule has 2 aliphatic rings. The first kappa shape index (κ1) is 13.8. The van der Waals surface area contributed by atoms with Crippen molar-refractivity contribution in [1.82, 2.24) is 9.80 Å². The highest BCUT2D eigenvalue weighted by atomic mass is 32.1. The zero-order chi connectivity index (χ0) is 13.9. The van der Waals surface area contributed by atoms with E-state index >= 15 is 0 Å². The van der Waals surface area contributed by atoms with E-state index in [9.17, 15) is 0 Å². The van der Waals surface area contributed by atoms with Gasteiger partial charge in [0.15, 0.2) is 0 Å². The number of nitrogens with two attached hydrogens (primary N) is 1. The van der Waals surface area contributed by atoms with Crippen LogP contribution in [0.2, 0.25) is 0 Å². The molecule has 1 aromatic carbocycles. The number of thiocarbonyl (C=S) groups is 1. The maximum atomic E-state index is 6.01. The summed E-state index contributed by atoms with van der Waals surface area (Å²) in [5.74, 6) is 1.06. The summed E-state index contributed by atoms with van der Waals surface area (Å²) in [6.07, 6.45) is 1.33. The minimum absolute atomic E-state index is 0.300. The molecule has 1 unspecified atom stereocenters. The van der Waals surface area contributed by atoms with Crippen molar-refractivity contribution in [3.05, 3.63) is 29.8 Å². The molecular formula is C15H21N3OS. The summed E-state index contributed by atoms with van der Waals surface area (Å²) < 4.78 is 6.01. The average Bonchev–Trinajstić information content (AvgIpc) is 2.82. The van der Waals surface area contributed by atoms with Crippen LogP contribution in [0.4, 0.5) is 0 Å². The molecule has 2 aliphatic heterocycles. The van der Waals surface area contributed by atoms with Crippen LogP contribution in [0.15, 0.2) is 24.3 Å². The molecule has 0 aromatic heterocycles. The highest BCUT2D eigenvalue weighted by Gasteiger charge is 2.26. The molecule has 3 rings (SSSR count). The van der Waals surface area contributed by atoms with E-state index in [1.54, 1.807) is 0 Å². The average molecular weight is 291 g/mol. The molecule has 0 radical (unpaired) electrons. The minimum atomic E-state index is 0.300. The van der Waals surface area contributed by atoms with E-state index in [2.05, 4.69) is 28.0 Å². The Balaban J connectivity index is 1.46. The molecule has 0 amide bonds. The number of ether oxygens (including phenoxy) is 1. The predicted molar refractivity (Wildman–Crippen MR) is 84.2 cm³/mol. The van der Waals surface area contributed by atoms with E-state index < -0.39 is 0 Å². The number of hydrogen-bond donors (Lipinski definition) is 1. The Hall–Kier alpha value is -1.17. The van der Waals surface area contributed by atoms with E-state index in [4.69, 9.17) is 22.7 Å². The van der Waals surface area contributed by atoms with Gasteiger partial charge < -0.3 is 10.5 Å². The Kier molecular flexibility index (Phi) is 4.19. The molecule has 2 heterocycles. The van der Waals surface area contributed by atoms with Gasteiger partial charge in [0.2, 0.25) is 0 Å². The maximum absolute atomic E-state index is 6.01. The molecule has 108 valence electrons. The third-order valence-electron chi connectivity index (χ3n) is 4.02. The Bertz CT molecular complexity index is 461. The van der Waals surface area contributed by atoms with Crippen molar-refractivity contribution in [3.8, 4) is 5.75 Å². The van der Waals surface area contributed by atoms with Gasteiger partial charge in [-0.1, -0.05) is 30.4 Å². The number of benzene rings is 1. The number of nitrogens with zero attached hydrogens (tertiary/aromatic N) is 2. The van der Waals surface area contributed by atoms with E-state index in [0.29, 0.717) is 11.1 Å². The van der Waals surface area contributed by atoms with Crippen molar-refractivity contribution in [2.45, 2.75) is 12.5 Å². The maximum Gasteiger partial charge on any atom is 0.123 e. The van der Waals surface area contributed by atoms with Crippen LogP contribution in [0.5, 0.6) is 5.75 Å².